The molecular formula is C13H13NO4. The van der Waals surface area contributed by atoms with Crippen molar-refractivity contribution in [3.8, 4) is 5.75 Å². The number of rotatable bonds is 4. The number of hydrogen-bond donors (Lipinski definition) is 0. The molecule has 1 fully saturated rings. The Hall–Kier alpha value is -1.88. The number of nitrogens with zero attached hydrogens (tertiary/aromatic N) is 1. The number of carbonyl (C=O) groups excluding carboxylic acids is 2. The maximum absolute atomic E-state index is 12.1. The van der Waals surface area contributed by atoms with Gasteiger partial charge in [0.05, 0.1) is 37.0 Å². The molecule has 0 aliphatic carbocycles. The summed E-state index contributed by atoms with van der Waals surface area (Å²) >= 11 is 0. The highest BCUT2D eigenvalue weighted by Gasteiger charge is 2.39. The van der Waals surface area contributed by atoms with Gasteiger partial charge in [-0.25, -0.2) is 0 Å². The number of benzene rings is 1. The van der Waals surface area contributed by atoms with Crippen molar-refractivity contribution in [2.75, 3.05) is 19.8 Å². The topological polar surface area (TPSA) is 59.1 Å². The van der Waals surface area contributed by atoms with Gasteiger partial charge in [-0.1, -0.05) is 0 Å². The molecule has 0 radical (unpaired) electrons. The van der Waals surface area contributed by atoms with Crippen molar-refractivity contribution in [3.05, 3.63) is 29.3 Å². The lowest BCUT2D eigenvalue weighted by Crippen LogP contribution is -2.33. The second-order valence-electron chi connectivity index (χ2n) is 4.32. The summed E-state index contributed by atoms with van der Waals surface area (Å²) in [5.41, 5.74) is 0.871. The highest BCUT2D eigenvalue weighted by Crippen LogP contribution is 2.28. The van der Waals surface area contributed by atoms with Crippen LogP contribution in [0.5, 0.6) is 5.75 Å². The third-order valence-corrected chi connectivity index (χ3v) is 3.04. The van der Waals surface area contributed by atoms with Crippen LogP contribution in [0.15, 0.2) is 18.2 Å². The first-order valence-electron chi connectivity index (χ1n) is 5.95. The van der Waals surface area contributed by atoms with E-state index in [0.29, 0.717) is 36.6 Å². The van der Waals surface area contributed by atoms with E-state index < -0.39 is 0 Å². The monoisotopic (exact) mass is 247 g/mol. The summed E-state index contributed by atoms with van der Waals surface area (Å²) in [4.78, 5) is 25.4. The van der Waals surface area contributed by atoms with E-state index in [0.717, 1.165) is 0 Å². The molecule has 2 aliphatic rings. The summed E-state index contributed by atoms with van der Waals surface area (Å²) in [6.07, 6.45) is 0.0126. The predicted molar refractivity (Wildman–Crippen MR) is 62.7 cm³/mol. The maximum atomic E-state index is 12.1. The van der Waals surface area contributed by atoms with Gasteiger partial charge in [0.25, 0.3) is 11.8 Å². The van der Waals surface area contributed by atoms with Gasteiger partial charge in [-0.05, 0) is 25.1 Å². The molecule has 0 bridgehead atoms. The first kappa shape index (κ1) is 11.2. The van der Waals surface area contributed by atoms with E-state index in [1.165, 1.54) is 4.90 Å². The van der Waals surface area contributed by atoms with Crippen molar-refractivity contribution >= 4 is 11.8 Å². The molecule has 5 heteroatoms. The summed E-state index contributed by atoms with van der Waals surface area (Å²) in [6.45, 7) is 3.37. The fraction of sp³-hybridized carbons (Fsp3) is 0.385. The first-order chi connectivity index (χ1) is 8.70. The number of imide groups is 1. The Morgan fingerprint density at radius 3 is 2.72 bits per heavy atom. The summed E-state index contributed by atoms with van der Waals surface area (Å²) < 4.78 is 10.4. The van der Waals surface area contributed by atoms with Gasteiger partial charge < -0.3 is 9.47 Å². The van der Waals surface area contributed by atoms with E-state index in [1.54, 1.807) is 18.2 Å². The molecule has 3 rings (SSSR count). The Morgan fingerprint density at radius 2 is 2.06 bits per heavy atom. The third-order valence-electron chi connectivity index (χ3n) is 3.04. The number of carbonyl (C=O) groups is 2. The van der Waals surface area contributed by atoms with Gasteiger partial charge in [-0.15, -0.1) is 0 Å². The molecule has 1 aromatic rings. The molecule has 0 saturated carbocycles. The standard InChI is InChI=1S/C13H13NO4/c1-2-17-8-3-4-10-11(5-8)13(16)14(12(10)15)6-9-7-18-9/h3-5,9H,2,6-7H2,1H3. The lowest BCUT2D eigenvalue weighted by Gasteiger charge is -2.10. The van der Waals surface area contributed by atoms with Crippen LogP contribution >= 0.6 is 0 Å². The van der Waals surface area contributed by atoms with E-state index in [4.69, 9.17) is 9.47 Å². The van der Waals surface area contributed by atoms with E-state index >= 15 is 0 Å². The van der Waals surface area contributed by atoms with Gasteiger partial charge in [0.15, 0.2) is 0 Å². The summed E-state index contributed by atoms with van der Waals surface area (Å²) in [5, 5.41) is 0. The normalized spacial score (nSPS) is 21.2. The number of epoxide rings is 1. The van der Waals surface area contributed by atoms with Crippen LogP contribution in [0, 0.1) is 0 Å². The van der Waals surface area contributed by atoms with Crippen LogP contribution in [0.3, 0.4) is 0 Å². The molecule has 94 valence electrons. The Morgan fingerprint density at radius 1 is 1.33 bits per heavy atom. The fourth-order valence-electron chi connectivity index (χ4n) is 2.07. The second-order valence-corrected chi connectivity index (χ2v) is 4.32. The SMILES string of the molecule is CCOc1ccc2c(c1)C(=O)N(CC1CO1)C2=O. The Labute approximate surface area is 104 Å². The Balaban J connectivity index is 1.90. The number of fused-ring (bicyclic) bond motifs is 1. The van der Waals surface area contributed by atoms with Gasteiger partial charge in [0.1, 0.15) is 5.75 Å². The average Bonchev–Trinajstić information content (AvgIpc) is 3.15. The van der Waals surface area contributed by atoms with Gasteiger partial charge >= 0.3 is 0 Å². The third kappa shape index (κ3) is 1.76. The molecule has 18 heavy (non-hydrogen) atoms. The Bertz CT molecular complexity index is 522. The molecule has 5 nitrogen and oxygen atoms in total. The minimum atomic E-state index is -0.257. The van der Waals surface area contributed by atoms with Crippen molar-refractivity contribution in [2.45, 2.75) is 13.0 Å². The molecule has 0 N–H and O–H groups in total. The molecule has 0 aromatic heterocycles. The smallest absolute Gasteiger partial charge is 0.261 e. The number of hydrogen-bond acceptors (Lipinski definition) is 4. The summed E-state index contributed by atoms with van der Waals surface area (Å²) in [6, 6.07) is 4.99. The molecule has 1 saturated heterocycles. The van der Waals surface area contributed by atoms with Crippen molar-refractivity contribution in [3.63, 3.8) is 0 Å². The van der Waals surface area contributed by atoms with Crippen LogP contribution in [-0.4, -0.2) is 42.6 Å². The minimum Gasteiger partial charge on any atom is -0.494 e. The lowest BCUT2D eigenvalue weighted by atomic mass is 10.1. The number of ether oxygens (including phenoxy) is 2. The maximum Gasteiger partial charge on any atom is 0.261 e. The predicted octanol–water partition coefficient (Wildman–Crippen LogP) is 1.08. The van der Waals surface area contributed by atoms with Gasteiger partial charge in [-0.3, -0.25) is 14.5 Å². The van der Waals surface area contributed by atoms with Crippen molar-refractivity contribution in [2.24, 2.45) is 0 Å². The van der Waals surface area contributed by atoms with E-state index in [-0.39, 0.29) is 17.9 Å². The molecule has 1 atom stereocenters. The molecule has 0 spiro atoms. The molecule has 2 aliphatic heterocycles. The quantitative estimate of drug-likeness (QED) is 0.590. The van der Waals surface area contributed by atoms with Crippen LogP contribution in [0.4, 0.5) is 0 Å². The van der Waals surface area contributed by atoms with Crippen molar-refractivity contribution in [1.29, 1.82) is 0 Å². The summed E-state index contributed by atoms with van der Waals surface area (Å²) in [7, 11) is 0. The van der Waals surface area contributed by atoms with Gasteiger partial charge in [0, 0.05) is 0 Å². The van der Waals surface area contributed by atoms with Crippen LogP contribution in [0.1, 0.15) is 27.6 Å². The van der Waals surface area contributed by atoms with E-state index in [1.807, 2.05) is 6.92 Å². The Kier molecular flexibility index (Phi) is 2.56. The van der Waals surface area contributed by atoms with Crippen LogP contribution < -0.4 is 4.74 Å². The molecular weight excluding hydrogens is 234 g/mol. The fourth-order valence-corrected chi connectivity index (χ4v) is 2.07. The molecule has 1 aromatic carbocycles. The second kappa shape index (κ2) is 4.10. The lowest BCUT2D eigenvalue weighted by molar-refractivity contribution is 0.0642. The van der Waals surface area contributed by atoms with Crippen molar-refractivity contribution in [1.82, 2.24) is 4.90 Å². The van der Waals surface area contributed by atoms with Gasteiger partial charge in [0.2, 0.25) is 0 Å². The molecule has 1 unspecified atom stereocenters. The van der Waals surface area contributed by atoms with E-state index in [2.05, 4.69) is 0 Å². The van der Waals surface area contributed by atoms with Crippen LogP contribution in [0.2, 0.25) is 0 Å². The zero-order valence-corrected chi connectivity index (χ0v) is 10.0. The highest BCUT2D eigenvalue weighted by atomic mass is 16.6. The molecule has 2 amide bonds. The van der Waals surface area contributed by atoms with E-state index in [9.17, 15) is 9.59 Å². The minimum absolute atomic E-state index is 0.0126. The first-order valence-corrected chi connectivity index (χ1v) is 5.95. The number of amides is 2. The zero-order chi connectivity index (χ0) is 12.7. The van der Waals surface area contributed by atoms with Gasteiger partial charge in [-0.2, -0.15) is 0 Å². The van der Waals surface area contributed by atoms with Crippen LogP contribution in [-0.2, 0) is 4.74 Å². The largest absolute Gasteiger partial charge is 0.494 e. The van der Waals surface area contributed by atoms with Crippen molar-refractivity contribution < 1.29 is 19.1 Å². The average molecular weight is 247 g/mol. The van der Waals surface area contributed by atoms with Crippen LogP contribution in [0.25, 0.3) is 0 Å². The zero-order valence-electron chi connectivity index (χ0n) is 10.0. The molecule has 2 heterocycles. The highest BCUT2D eigenvalue weighted by molar-refractivity contribution is 6.21. The summed E-state index contributed by atoms with van der Waals surface area (Å²) in [5.74, 6) is 0.113.